The average molecular weight is 240 g/mol. The third-order valence-electron chi connectivity index (χ3n) is 4.27. The van der Waals surface area contributed by atoms with Crippen molar-refractivity contribution in [2.75, 3.05) is 0 Å². The lowest BCUT2D eigenvalue weighted by molar-refractivity contribution is 0.383. The Kier molecular flexibility index (Phi) is 12.5. The topological polar surface area (TPSA) is 0 Å². The van der Waals surface area contributed by atoms with Crippen LogP contribution in [0.15, 0.2) is 0 Å². The molecule has 0 nitrogen and oxygen atoms in total. The fourth-order valence-corrected chi connectivity index (χ4v) is 2.96. The zero-order chi connectivity index (χ0) is 12.9. The van der Waals surface area contributed by atoms with E-state index < -0.39 is 0 Å². The first-order chi connectivity index (χ1) is 8.28. The van der Waals surface area contributed by atoms with Crippen molar-refractivity contribution in [3.05, 3.63) is 0 Å². The second-order valence-corrected chi connectivity index (χ2v) is 5.76. The molecule has 0 aliphatic rings. The van der Waals surface area contributed by atoms with Gasteiger partial charge >= 0.3 is 0 Å². The van der Waals surface area contributed by atoms with Crippen LogP contribution in [0.3, 0.4) is 0 Å². The zero-order valence-corrected chi connectivity index (χ0v) is 12.9. The molecule has 0 spiro atoms. The van der Waals surface area contributed by atoms with Gasteiger partial charge in [0, 0.05) is 0 Å². The number of hydrogen-bond acceptors (Lipinski definition) is 0. The Morgan fingerprint density at radius 1 is 0.529 bits per heavy atom. The Labute approximate surface area is 111 Å². The van der Waals surface area contributed by atoms with Crippen molar-refractivity contribution in [2.45, 2.75) is 98.3 Å². The Balaban J connectivity index is 3.43. The molecule has 2 unspecified atom stereocenters. The molecule has 0 N–H and O–H groups in total. The maximum absolute atomic E-state index is 2.36. The van der Waals surface area contributed by atoms with Crippen LogP contribution in [0.1, 0.15) is 98.3 Å². The standard InChI is InChI=1S/C17H36/c1-5-12-16(7-3)14-10-9-11-15-17(8-4)13-6-2/h16-17H,5-15H2,1-4H3. The van der Waals surface area contributed by atoms with Crippen LogP contribution in [0, 0.1) is 11.8 Å². The van der Waals surface area contributed by atoms with E-state index in [0.717, 1.165) is 11.8 Å². The first kappa shape index (κ1) is 17.0. The SMILES string of the molecule is CCCC(CC)CCCCCC(CC)CCC. The Morgan fingerprint density at radius 2 is 0.941 bits per heavy atom. The highest BCUT2D eigenvalue weighted by Gasteiger charge is 2.06. The molecule has 0 aromatic rings. The molecule has 0 aliphatic carbocycles. The van der Waals surface area contributed by atoms with Gasteiger partial charge in [0.05, 0.1) is 0 Å². The molecule has 0 aliphatic heterocycles. The van der Waals surface area contributed by atoms with Crippen molar-refractivity contribution in [1.82, 2.24) is 0 Å². The van der Waals surface area contributed by atoms with Crippen molar-refractivity contribution >= 4 is 0 Å². The summed E-state index contributed by atoms with van der Waals surface area (Å²) in [5, 5.41) is 0. The second kappa shape index (κ2) is 12.5. The number of unbranched alkanes of at least 4 members (excludes halogenated alkanes) is 2. The summed E-state index contributed by atoms with van der Waals surface area (Å²) in [7, 11) is 0. The van der Waals surface area contributed by atoms with E-state index in [-0.39, 0.29) is 0 Å². The summed E-state index contributed by atoms with van der Waals surface area (Å²) < 4.78 is 0. The van der Waals surface area contributed by atoms with Crippen LogP contribution in [0.25, 0.3) is 0 Å². The van der Waals surface area contributed by atoms with Crippen molar-refractivity contribution in [3.63, 3.8) is 0 Å². The van der Waals surface area contributed by atoms with Gasteiger partial charge in [0.25, 0.3) is 0 Å². The van der Waals surface area contributed by atoms with E-state index in [0.29, 0.717) is 0 Å². The summed E-state index contributed by atoms with van der Waals surface area (Å²) in [5.74, 6) is 2.02. The quantitative estimate of drug-likeness (QED) is 0.338. The highest BCUT2D eigenvalue weighted by atomic mass is 14.1. The van der Waals surface area contributed by atoms with Crippen molar-refractivity contribution in [1.29, 1.82) is 0 Å². The summed E-state index contributed by atoms with van der Waals surface area (Å²) in [5.41, 5.74) is 0. The van der Waals surface area contributed by atoms with Gasteiger partial charge in [-0.2, -0.15) is 0 Å². The molecule has 2 atom stereocenters. The van der Waals surface area contributed by atoms with E-state index in [1.165, 1.54) is 70.6 Å². The molecule has 0 bridgehead atoms. The molecule has 0 saturated heterocycles. The van der Waals surface area contributed by atoms with E-state index in [1.807, 2.05) is 0 Å². The zero-order valence-electron chi connectivity index (χ0n) is 12.9. The van der Waals surface area contributed by atoms with Crippen molar-refractivity contribution in [3.8, 4) is 0 Å². The fraction of sp³-hybridized carbons (Fsp3) is 1.00. The van der Waals surface area contributed by atoms with Crippen LogP contribution >= 0.6 is 0 Å². The molecule has 0 heterocycles. The lowest BCUT2D eigenvalue weighted by Gasteiger charge is -2.15. The molecule has 0 heteroatoms. The Hall–Kier alpha value is 0. The van der Waals surface area contributed by atoms with Gasteiger partial charge < -0.3 is 0 Å². The summed E-state index contributed by atoms with van der Waals surface area (Å²) in [4.78, 5) is 0. The minimum Gasteiger partial charge on any atom is -0.0654 e. The third-order valence-corrected chi connectivity index (χ3v) is 4.27. The molecule has 0 radical (unpaired) electrons. The number of rotatable bonds is 12. The monoisotopic (exact) mass is 240 g/mol. The molecule has 104 valence electrons. The minimum absolute atomic E-state index is 1.01. The van der Waals surface area contributed by atoms with Gasteiger partial charge in [0.2, 0.25) is 0 Å². The highest BCUT2D eigenvalue weighted by molar-refractivity contribution is 4.60. The molecule has 0 amide bonds. The van der Waals surface area contributed by atoms with Crippen molar-refractivity contribution < 1.29 is 0 Å². The van der Waals surface area contributed by atoms with Crippen LogP contribution < -0.4 is 0 Å². The van der Waals surface area contributed by atoms with Gasteiger partial charge in [-0.05, 0) is 11.8 Å². The molecule has 0 aromatic carbocycles. The van der Waals surface area contributed by atoms with Crippen LogP contribution in [-0.4, -0.2) is 0 Å². The van der Waals surface area contributed by atoms with Crippen molar-refractivity contribution in [2.24, 2.45) is 11.8 Å². The predicted octanol–water partition coefficient (Wildman–Crippen LogP) is 6.59. The largest absolute Gasteiger partial charge is 0.0654 e. The normalized spacial score (nSPS) is 14.8. The maximum Gasteiger partial charge on any atom is -0.0417 e. The molecule has 17 heavy (non-hydrogen) atoms. The van der Waals surface area contributed by atoms with Gasteiger partial charge in [-0.1, -0.05) is 98.3 Å². The van der Waals surface area contributed by atoms with Crippen LogP contribution in [0.2, 0.25) is 0 Å². The summed E-state index contributed by atoms with van der Waals surface area (Å²) in [6, 6.07) is 0. The fourth-order valence-electron chi connectivity index (χ4n) is 2.96. The van der Waals surface area contributed by atoms with Crippen LogP contribution in [-0.2, 0) is 0 Å². The summed E-state index contributed by atoms with van der Waals surface area (Å²) in [6.45, 7) is 9.35. The smallest absolute Gasteiger partial charge is 0.0417 e. The highest BCUT2D eigenvalue weighted by Crippen LogP contribution is 2.22. The molecule has 0 fully saturated rings. The van der Waals surface area contributed by atoms with E-state index in [9.17, 15) is 0 Å². The predicted molar refractivity (Wildman–Crippen MR) is 80.5 cm³/mol. The lowest BCUT2D eigenvalue weighted by atomic mass is 9.91. The lowest BCUT2D eigenvalue weighted by Crippen LogP contribution is -2.00. The average Bonchev–Trinajstić information content (AvgIpc) is 2.35. The Morgan fingerprint density at radius 3 is 1.24 bits per heavy atom. The summed E-state index contributed by atoms with van der Waals surface area (Å²) in [6.07, 6.45) is 15.8. The molecule has 0 aromatic heterocycles. The molecular weight excluding hydrogens is 204 g/mol. The van der Waals surface area contributed by atoms with E-state index in [2.05, 4.69) is 27.7 Å². The van der Waals surface area contributed by atoms with E-state index >= 15 is 0 Å². The third kappa shape index (κ3) is 9.68. The first-order valence-corrected chi connectivity index (χ1v) is 8.28. The summed E-state index contributed by atoms with van der Waals surface area (Å²) >= 11 is 0. The molecule has 0 rings (SSSR count). The number of hydrogen-bond donors (Lipinski definition) is 0. The molecular formula is C17H36. The first-order valence-electron chi connectivity index (χ1n) is 8.28. The maximum atomic E-state index is 2.36. The van der Waals surface area contributed by atoms with Gasteiger partial charge in [-0.25, -0.2) is 0 Å². The Bertz CT molecular complexity index is 123. The van der Waals surface area contributed by atoms with Crippen LogP contribution in [0.4, 0.5) is 0 Å². The van der Waals surface area contributed by atoms with Crippen LogP contribution in [0.5, 0.6) is 0 Å². The van der Waals surface area contributed by atoms with Gasteiger partial charge in [-0.3, -0.25) is 0 Å². The van der Waals surface area contributed by atoms with Gasteiger partial charge in [0.1, 0.15) is 0 Å². The van der Waals surface area contributed by atoms with Gasteiger partial charge in [-0.15, -0.1) is 0 Å². The van der Waals surface area contributed by atoms with E-state index in [4.69, 9.17) is 0 Å². The minimum atomic E-state index is 1.01. The van der Waals surface area contributed by atoms with Gasteiger partial charge in [0.15, 0.2) is 0 Å². The molecule has 0 saturated carbocycles. The second-order valence-electron chi connectivity index (χ2n) is 5.76. The van der Waals surface area contributed by atoms with E-state index in [1.54, 1.807) is 0 Å².